The van der Waals surface area contributed by atoms with E-state index in [1.807, 2.05) is 12.1 Å². The molecule has 0 radical (unpaired) electrons. The second kappa shape index (κ2) is 4.18. The minimum absolute atomic E-state index is 0.667. The van der Waals surface area contributed by atoms with Crippen molar-refractivity contribution in [3.8, 4) is 0 Å². The average molecular weight is 251 g/mol. The van der Waals surface area contributed by atoms with Crippen LogP contribution in [0.5, 0.6) is 0 Å². The Hall–Kier alpha value is -1.29. The van der Waals surface area contributed by atoms with Gasteiger partial charge in [0.2, 0.25) is 5.95 Å². The molecule has 3 rings (SSSR count). The molecule has 1 saturated carbocycles. The summed E-state index contributed by atoms with van der Waals surface area (Å²) in [6, 6.07) is 3.69. The lowest BCUT2D eigenvalue weighted by Crippen LogP contribution is -2.13. The van der Waals surface area contributed by atoms with Crippen LogP contribution in [-0.2, 0) is 0 Å². The molecule has 1 unspecified atom stereocenters. The summed E-state index contributed by atoms with van der Waals surface area (Å²) in [4.78, 5) is 4.39. The van der Waals surface area contributed by atoms with Crippen molar-refractivity contribution in [1.82, 2.24) is 14.6 Å². The van der Waals surface area contributed by atoms with Crippen molar-refractivity contribution >= 4 is 23.2 Å². The number of nitrogens with one attached hydrogen (secondary N) is 1. The summed E-state index contributed by atoms with van der Waals surface area (Å²) in [7, 11) is 0. The van der Waals surface area contributed by atoms with E-state index in [1.54, 1.807) is 10.7 Å². The van der Waals surface area contributed by atoms with Crippen molar-refractivity contribution in [3.05, 3.63) is 23.4 Å². The highest BCUT2D eigenvalue weighted by Gasteiger charge is 2.27. The first-order valence-corrected chi connectivity index (χ1v) is 6.36. The highest BCUT2D eigenvalue weighted by Crippen LogP contribution is 2.36. The fourth-order valence-electron chi connectivity index (χ4n) is 2.02. The summed E-state index contributed by atoms with van der Waals surface area (Å²) >= 11 is 5.90. The summed E-state index contributed by atoms with van der Waals surface area (Å²) in [5.74, 6) is 2.28. The van der Waals surface area contributed by atoms with Crippen molar-refractivity contribution in [2.45, 2.75) is 19.8 Å². The van der Waals surface area contributed by atoms with Gasteiger partial charge in [-0.1, -0.05) is 18.5 Å². The molecule has 0 saturated heterocycles. The Morgan fingerprint density at radius 1 is 1.53 bits per heavy atom. The second-order valence-corrected chi connectivity index (χ2v) is 5.22. The summed E-state index contributed by atoms with van der Waals surface area (Å²) in [6.07, 6.45) is 4.51. The third-order valence-corrected chi connectivity index (χ3v) is 3.53. The van der Waals surface area contributed by atoms with E-state index in [-0.39, 0.29) is 0 Å². The highest BCUT2D eigenvalue weighted by molar-refractivity contribution is 6.30. The van der Waals surface area contributed by atoms with Crippen molar-refractivity contribution < 1.29 is 0 Å². The van der Waals surface area contributed by atoms with E-state index in [9.17, 15) is 0 Å². The van der Waals surface area contributed by atoms with Gasteiger partial charge in [-0.15, -0.1) is 5.10 Å². The third kappa shape index (κ3) is 2.36. The van der Waals surface area contributed by atoms with Gasteiger partial charge in [0.1, 0.15) is 0 Å². The van der Waals surface area contributed by atoms with Crippen molar-refractivity contribution in [1.29, 1.82) is 0 Å². The molecule has 1 atom stereocenters. The number of aromatic nitrogens is 3. The average Bonchev–Trinajstić information content (AvgIpc) is 3.07. The molecule has 0 spiro atoms. The van der Waals surface area contributed by atoms with E-state index < -0.39 is 0 Å². The van der Waals surface area contributed by atoms with E-state index in [2.05, 4.69) is 22.3 Å². The Labute approximate surface area is 105 Å². The minimum Gasteiger partial charge on any atom is -0.353 e. The number of pyridine rings is 1. The van der Waals surface area contributed by atoms with E-state index in [0.29, 0.717) is 16.9 Å². The number of fused-ring (bicyclic) bond motifs is 1. The summed E-state index contributed by atoms with van der Waals surface area (Å²) in [5.41, 5.74) is 0.816. The SMILES string of the molecule is CC(CNc1nc2ccc(Cl)cn2n1)C1CC1. The zero-order valence-corrected chi connectivity index (χ0v) is 10.5. The molecule has 0 aliphatic heterocycles. The van der Waals surface area contributed by atoms with Gasteiger partial charge in [-0.05, 0) is 36.8 Å². The maximum atomic E-state index is 5.90. The van der Waals surface area contributed by atoms with Gasteiger partial charge >= 0.3 is 0 Å². The normalized spacial score (nSPS) is 17.3. The molecule has 1 fully saturated rings. The maximum absolute atomic E-state index is 5.90. The zero-order chi connectivity index (χ0) is 11.8. The molecule has 1 aliphatic rings. The van der Waals surface area contributed by atoms with Gasteiger partial charge in [-0.3, -0.25) is 0 Å². The van der Waals surface area contributed by atoms with Crippen LogP contribution in [0.1, 0.15) is 19.8 Å². The first-order valence-electron chi connectivity index (χ1n) is 5.98. The first-order chi connectivity index (χ1) is 8.22. The number of rotatable bonds is 4. The molecule has 0 bridgehead atoms. The Morgan fingerprint density at radius 3 is 3.12 bits per heavy atom. The van der Waals surface area contributed by atoms with Gasteiger partial charge in [0, 0.05) is 12.7 Å². The van der Waals surface area contributed by atoms with Crippen LogP contribution in [0.4, 0.5) is 5.95 Å². The topological polar surface area (TPSA) is 42.2 Å². The molecule has 2 aromatic heterocycles. The number of nitrogens with zero attached hydrogens (tertiary/aromatic N) is 3. The molecule has 5 heteroatoms. The molecular weight excluding hydrogens is 236 g/mol. The van der Waals surface area contributed by atoms with Crippen molar-refractivity contribution in [2.24, 2.45) is 11.8 Å². The molecule has 17 heavy (non-hydrogen) atoms. The predicted octanol–water partition coefficient (Wildman–Crippen LogP) is 2.84. The number of halogens is 1. The van der Waals surface area contributed by atoms with Gasteiger partial charge in [0.25, 0.3) is 0 Å². The molecular formula is C12H15ClN4. The fourth-order valence-corrected chi connectivity index (χ4v) is 2.17. The van der Waals surface area contributed by atoms with E-state index in [1.165, 1.54) is 12.8 Å². The van der Waals surface area contributed by atoms with Gasteiger partial charge in [0.05, 0.1) is 5.02 Å². The number of hydrogen-bond donors (Lipinski definition) is 1. The third-order valence-electron chi connectivity index (χ3n) is 3.30. The molecule has 2 aromatic rings. The van der Waals surface area contributed by atoms with Crippen LogP contribution in [0.15, 0.2) is 18.3 Å². The van der Waals surface area contributed by atoms with Crippen LogP contribution in [0.2, 0.25) is 5.02 Å². The van der Waals surface area contributed by atoms with Crippen LogP contribution in [0.25, 0.3) is 5.65 Å². The lowest BCUT2D eigenvalue weighted by Gasteiger charge is -2.08. The van der Waals surface area contributed by atoms with Crippen LogP contribution >= 0.6 is 11.6 Å². The molecule has 0 amide bonds. The molecule has 1 N–H and O–H groups in total. The largest absolute Gasteiger partial charge is 0.353 e. The first kappa shape index (κ1) is 10.8. The van der Waals surface area contributed by atoms with Gasteiger partial charge in [-0.25, -0.2) is 4.52 Å². The Balaban J connectivity index is 1.72. The lowest BCUT2D eigenvalue weighted by atomic mass is 10.1. The smallest absolute Gasteiger partial charge is 0.243 e. The van der Waals surface area contributed by atoms with Crippen LogP contribution < -0.4 is 5.32 Å². The monoisotopic (exact) mass is 250 g/mol. The van der Waals surface area contributed by atoms with Crippen molar-refractivity contribution in [3.63, 3.8) is 0 Å². The second-order valence-electron chi connectivity index (χ2n) is 4.78. The van der Waals surface area contributed by atoms with Crippen LogP contribution in [0, 0.1) is 11.8 Å². The number of anilines is 1. The van der Waals surface area contributed by atoms with Gasteiger partial charge in [0.15, 0.2) is 5.65 Å². The summed E-state index contributed by atoms with van der Waals surface area (Å²) in [6.45, 7) is 3.21. The Kier molecular flexibility index (Phi) is 2.67. The Bertz CT molecular complexity index is 532. The highest BCUT2D eigenvalue weighted by atomic mass is 35.5. The van der Waals surface area contributed by atoms with Crippen LogP contribution in [0.3, 0.4) is 0 Å². The standard InChI is InChI=1S/C12H15ClN4/c1-8(9-2-3-9)6-14-12-15-11-5-4-10(13)7-17(11)16-12/h4-5,7-9H,2-3,6H2,1H3,(H,14,16). The van der Waals surface area contributed by atoms with E-state index in [0.717, 1.165) is 18.1 Å². The van der Waals surface area contributed by atoms with Crippen molar-refractivity contribution in [2.75, 3.05) is 11.9 Å². The number of hydrogen-bond acceptors (Lipinski definition) is 3. The quantitative estimate of drug-likeness (QED) is 0.907. The fraction of sp³-hybridized carbons (Fsp3) is 0.500. The van der Waals surface area contributed by atoms with E-state index >= 15 is 0 Å². The minimum atomic E-state index is 0.667. The molecule has 4 nitrogen and oxygen atoms in total. The zero-order valence-electron chi connectivity index (χ0n) is 9.73. The predicted molar refractivity (Wildman–Crippen MR) is 68.4 cm³/mol. The molecule has 1 aliphatic carbocycles. The van der Waals surface area contributed by atoms with Gasteiger partial charge in [-0.2, -0.15) is 4.98 Å². The lowest BCUT2D eigenvalue weighted by molar-refractivity contribution is 0.535. The summed E-state index contributed by atoms with van der Waals surface area (Å²) < 4.78 is 1.70. The molecule has 2 heterocycles. The summed E-state index contributed by atoms with van der Waals surface area (Å²) in [5, 5.41) is 8.29. The van der Waals surface area contributed by atoms with E-state index in [4.69, 9.17) is 11.6 Å². The molecule has 90 valence electrons. The van der Waals surface area contributed by atoms with Gasteiger partial charge < -0.3 is 5.32 Å². The van der Waals surface area contributed by atoms with Crippen LogP contribution in [-0.4, -0.2) is 21.1 Å². The maximum Gasteiger partial charge on any atom is 0.243 e. The molecule has 0 aromatic carbocycles. The Morgan fingerprint density at radius 2 is 2.35 bits per heavy atom.